The van der Waals surface area contributed by atoms with Gasteiger partial charge in [0, 0.05) is 25.8 Å². The molecule has 0 amide bonds. The van der Waals surface area contributed by atoms with Gasteiger partial charge in [0.1, 0.15) is 5.82 Å². The van der Waals surface area contributed by atoms with Gasteiger partial charge in [0.25, 0.3) is 0 Å². The van der Waals surface area contributed by atoms with Gasteiger partial charge in [-0.1, -0.05) is 36.8 Å². The van der Waals surface area contributed by atoms with Crippen LogP contribution in [-0.2, 0) is 13.1 Å². The summed E-state index contributed by atoms with van der Waals surface area (Å²) < 4.78 is 0. The Balaban J connectivity index is 2.14. The van der Waals surface area contributed by atoms with Crippen molar-refractivity contribution in [3.63, 3.8) is 0 Å². The maximum atomic E-state index is 4.66. The van der Waals surface area contributed by atoms with E-state index in [2.05, 4.69) is 79.4 Å². The maximum Gasteiger partial charge on any atom is 0.129 e. The fourth-order valence-electron chi connectivity index (χ4n) is 2.45. The second kappa shape index (κ2) is 7.23. The van der Waals surface area contributed by atoms with E-state index in [4.69, 9.17) is 0 Å². The summed E-state index contributed by atoms with van der Waals surface area (Å²) in [7, 11) is 2.10. The van der Waals surface area contributed by atoms with Gasteiger partial charge < -0.3 is 10.2 Å². The molecule has 1 N–H and O–H groups in total. The molecular weight excluding hydrogens is 258 g/mol. The zero-order valence-electron chi connectivity index (χ0n) is 13.5. The van der Waals surface area contributed by atoms with Gasteiger partial charge in [0.05, 0.1) is 0 Å². The highest BCUT2D eigenvalue weighted by Crippen LogP contribution is 2.17. The standard InChI is InChI=1S/C18H25N3/c1-5-19-12-17-10-15(3)20-18(11-17)21(4)13-16-8-6-7-14(2)9-16/h6-11,19H,5,12-13H2,1-4H3. The molecule has 3 heteroatoms. The van der Waals surface area contributed by atoms with Gasteiger partial charge in [0.15, 0.2) is 0 Å². The highest BCUT2D eigenvalue weighted by Gasteiger charge is 2.06. The number of pyridine rings is 1. The van der Waals surface area contributed by atoms with Gasteiger partial charge in [-0.2, -0.15) is 0 Å². The number of benzene rings is 1. The normalized spacial score (nSPS) is 10.7. The van der Waals surface area contributed by atoms with Crippen LogP contribution in [0.1, 0.15) is 29.3 Å². The molecule has 0 unspecified atom stereocenters. The van der Waals surface area contributed by atoms with Crippen LogP contribution in [0.3, 0.4) is 0 Å². The first-order valence-corrected chi connectivity index (χ1v) is 7.53. The van der Waals surface area contributed by atoms with E-state index in [0.717, 1.165) is 31.1 Å². The second-order valence-electron chi connectivity index (χ2n) is 5.60. The Labute approximate surface area is 128 Å². The predicted molar refractivity (Wildman–Crippen MR) is 89.6 cm³/mol. The molecule has 1 heterocycles. The first kappa shape index (κ1) is 15.5. The summed E-state index contributed by atoms with van der Waals surface area (Å²) in [6.07, 6.45) is 0. The molecule has 0 fully saturated rings. The van der Waals surface area contributed by atoms with E-state index in [9.17, 15) is 0 Å². The Morgan fingerprint density at radius 3 is 2.62 bits per heavy atom. The molecule has 1 aromatic heterocycles. The highest BCUT2D eigenvalue weighted by molar-refractivity contribution is 5.43. The predicted octanol–water partition coefficient (Wildman–Crippen LogP) is 3.44. The summed E-state index contributed by atoms with van der Waals surface area (Å²) >= 11 is 0. The lowest BCUT2D eigenvalue weighted by Crippen LogP contribution is -2.19. The van der Waals surface area contributed by atoms with Crippen LogP contribution in [0.5, 0.6) is 0 Å². The Bertz CT molecular complexity index is 593. The summed E-state index contributed by atoms with van der Waals surface area (Å²) in [6.45, 7) is 9.06. The van der Waals surface area contributed by atoms with Crippen LogP contribution in [0.4, 0.5) is 5.82 Å². The lowest BCUT2D eigenvalue weighted by Gasteiger charge is -2.20. The molecule has 3 nitrogen and oxygen atoms in total. The maximum absolute atomic E-state index is 4.66. The van der Waals surface area contributed by atoms with Gasteiger partial charge in [-0.15, -0.1) is 0 Å². The van der Waals surface area contributed by atoms with E-state index < -0.39 is 0 Å². The Hall–Kier alpha value is -1.87. The van der Waals surface area contributed by atoms with Crippen LogP contribution in [0.25, 0.3) is 0 Å². The Morgan fingerprint density at radius 2 is 1.90 bits per heavy atom. The fourth-order valence-corrected chi connectivity index (χ4v) is 2.45. The van der Waals surface area contributed by atoms with Crippen molar-refractivity contribution in [3.05, 3.63) is 58.8 Å². The van der Waals surface area contributed by atoms with E-state index in [0.29, 0.717) is 0 Å². The first-order valence-electron chi connectivity index (χ1n) is 7.53. The molecule has 0 spiro atoms. The van der Waals surface area contributed by atoms with Crippen LogP contribution in [-0.4, -0.2) is 18.6 Å². The van der Waals surface area contributed by atoms with Gasteiger partial charge in [-0.05, 0) is 43.7 Å². The fraction of sp³-hybridized carbons (Fsp3) is 0.389. The smallest absolute Gasteiger partial charge is 0.129 e. The third kappa shape index (κ3) is 4.57. The molecular formula is C18H25N3. The molecule has 2 aromatic rings. The lowest BCUT2D eigenvalue weighted by molar-refractivity contribution is 0.724. The van der Waals surface area contributed by atoms with Crippen molar-refractivity contribution in [1.82, 2.24) is 10.3 Å². The molecule has 2 rings (SSSR count). The molecule has 0 aliphatic carbocycles. The third-order valence-corrected chi connectivity index (χ3v) is 3.47. The van der Waals surface area contributed by atoms with Gasteiger partial charge >= 0.3 is 0 Å². The van der Waals surface area contributed by atoms with Crippen molar-refractivity contribution in [2.45, 2.75) is 33.9 Å². The molecule has 0 atom stereocenters. The highest BCUT2D eigenvalue weighted by atomic mass is 15.2. The number of anilines is 1. The van der Waals surface area contributed by atoms with Crippen LogP contribution >= 0.6 is 0 Å². The van der Waals surface area contributed by atoms with Gasteiger partial charge in [-0.25, -0.2) is 4.98 Å². The van der Waals surface area contributed by atoms with Crippen molar-refractivity contribution < 1.29 is 0 Å². The van der Waals surface area contributed by atoms with E-state index in [1.165, 1.54) is 16.7 Å². The monoisotopic (exact) mass is 283 g/mol. The number of aryl methyl sites for hydroxylation is 2. The van der Waals surface area contributed by atoms with Crippen LogP contribution < -0.4 is 10.2 Å². The quantitative estimate of drug-likeness (QED) is 0.880. The molecule has 0 saturated heterocycles. The summed E-state index contributed by atoms with van der Waals surface area (Å²) in [5.74, 6) is 1.03. The minimum atomic E-state index is 0.874. The van der Waals surface area contributed by atoms with Crippen LogP contribution in [0.15, 0.2) is 36.4 Å². The van der Waals surface area contributed by atoms with Gasteiger partial charge in [0.2, 0.25) is 0 Å². The average molecular weight is 283 g/mol. The summed E-state index contributed by atoms with van der Waals surface area (Å²) in [6, 6.07) is 12.9. The van der Waals surface area contributed by atoms with Crippen LogP contribution in [0.2, 0.25) is 0 Å². The van der Waals surface area contributed by atoms with E-state index >= 15 is 0 Å². The van der Waals surface area contributed by atoms with Crippen molar-refractivity contribution in [1.29, 1.82) is 0 Å². The number of hydrogen-bond donors (Lipinski definition) is 1. The zero-order chi connectivity index (χ0) is 15.2. The largest absolute Gasteiger partial charge is 0.355 e. The van der Waals surface area contributed by atoms with Crippen molar-refractivity contribution in [2.75, 3.05) is 18.5 Å². The molecule has 21 heavy (non-hydrogen) atoms. The Morgan fingerprint density at radius 1 is 1.10 bits per heavy atom. The minimum Gasteiger partial charge on any atom is -0.355 e. The average Bonchev–Trinajstić information content (AvgIpc) is 2.44. The molecule has 0 bridgehead atoms. The first-order chi connectivity index (χ1) is 10.1. The summed E-state index contributed by atoms with van der Waals surface area (Å²) in [5.41, 5.74) is 4.96. The lowest BCUT2D eigenvalue weighted by atomic mass is 10.1. The van der Waals surface area contributed by atoms with Crippen molar-refractivity contribution in [3.8, 4) is 0 Å². The summed E-state index contributed by atoms with van der Waals surface area (Å²) in [5, 5.41) is 3.37. The molecule has 0 radical (unpaired) electrons. The topological polar surface area (TPSA) is 28.2 Å². The van der Waals surface area contributed by atoms with Crippen molar-refractivity contribution >= 4 is 5.82 Å². The number of nitrogens with zero attached hydrogens (tertiary/aromatic N) is 2. The van der Waals surface area contributed by atoms with Gasteiger partial charge in [-0.3, -0.25) is 0 Å². The molecule has 1 aromatic carbocycles. The second-order valence-corrected chi connectivity index (χ2v) is 5.60. The molecule has 0 aliphatic heterocycles. The molecule has 112 valence electrons. The third-order valence-electron chi connectivity index (χ3n) is 3.47. The number of hydrogen-bond acceptors (Lipinski definition) is 3. The minimum absolute atomic E-state index is 0.874. The Kier molecular flexibility index (Phi) is 5.34. The number of nitrogens with one attached hydrogen (secondary N) is 1. The molecule has 0 saturated carbocycles. The zero-order valence-corrected chi connectivity index (χ0v) is 13.5. The number of rotatable bonds is 6. The SMILES string of the molecule is CCNCc1cc(C)nc(N(C)Cc2cccc(C)c2)c1. The van der Waals surface area contributed by atoms with Crippen molar-refractivity contribution in [2.24, 2.45) is 0 Å². The van der Waals surface area contributed by atoms with E-state index in [-0.39, 0.29) is 0 Å². The molecule has 0 aliphatic rings. The van der Waals surface area contributed by atoms with Crippen LogP contribution in [0, 0.1) is 13.8 Å². The summed E-state index contributed by atoms with van der Waals surface area (Å²) in [4.78, 5) is 6.86. The van der Waals surface area contributed by atoms with E-state index in [1.54, 1.807) is 0 Å². The van der Waals surface area contributed by atoms with E-state index in [1.807, 2.05) is 0 Å². The number of aromatic nitrogens is 1.